The molecule has 1 aromatic heterocycles. The number of fused-ring (bicyclic) bond motifs is 1. The number of nitro groups is 1. The van der Waals surface area contributed by atoms with Crippen LogP contribution < -0.4 is 10.1 Å². The highest BCUT2D eigenvalue weighted by molar-refractivity contribution is 7.89. The number of anilines is 1. The molecule has 0 bridgehead atoms. The Hall–Kier alpha value is -3.89. The Morgan fingerprint density at radius 1 is 1.05 bits per heavy atom. The predicted octanol–water partition coefficient (Wildman–Crippen LogP) is 5.50. The minimum absolute atomic E-state index is 0.0556. The average Bonchev–Trinajstić information content (AvgIpc) is 3.38. The number of aromatic nitrogens is 1. The average molecular weight is 535 g/mol. The minimum atomic E-state index is -3.79. The van der Waals surface area contributed by atoms with Crippen LogP contribution in [0.25, 0.3) is 10.9 Å². The first kappa shape index (κ1) is 25.7. The molecule has 10 heteroatoms. The number of hydrogen-bond donors (Lipinski definition) is 2. The molecule has 2 heterocycles. The minimum Gasteiger partial charge on any atom is -0.497 e. The summed E-state index contributed by atoms with van der Waals surface area (Å²) < 4.78 is 33.0. The molecule has 1 saturated heterocycles. The maximum Gasteiger partial charge on any atom is 0.293 e. The number of rotatable bonds is 9. The Labute approximate surface area is 221 Å². The van der Waals surface area contributed by atoms with Gasteiger partial charge in [0.05, 0.1) is 16.9 Å². The van der Waals surface area contributed by atoms with E-state index in [0.29, 0.717) is 19.6 Å². The standard InChI is InChI=1S/C28H30N4O5S/c1-37-21-11-9-20(10-12-21)24(25-19-29-26-8-4-3-7-23(25)26)18-30-27-14-13-22(17-28(27)32(33)34)38(35,36)31-15-5-2-6-16-31/h3-4,7-14,17,19,24,29-30H,2,5-6,15-16,18H2,1H3/t24-/m1/s1. The van der Waals surface area contributed by atoms with Gasteiger partial charge in [-0.05, 0) is 54.3 Å². The van der Waals surface area contributed by atoms with Crippen LogP contribution >= 0.6 is 0 Å². The van der Waals surface area contributed by atoms with Gasteiger partial charge in [-0.1, -0.05) is 36.8 Å². The van der Waals surface area contributed by atoms with Crippen molar-refractivity contribution in [1.29, 1.82) is 0 Å². The van der Waals surface area contributed by atoms with Crippen LogP contribution in [0.1, 0.15) is 36.3 Å². The van der Waals surface area contributed by atoms with Crippen molar-refractivity contribution in [2.75, 3.05) is 32.1 Å². The lowest BCUT2D eigenvalue weighted by Gasteiger charge is -2.26. The van der Waals surface area contributed by atoms with Crippen molar-refractivity contribution in [3.63, 3.8) is 0 Å². The van der Waals surface area contributed by atoms with Crippen LogP contribution in [0.4, 0.5) is 11.4 Å². The number of ether oxygens (including phenoxy) is 1. The van der Waals surface area contributed by atoms with Gasteiger partial charge in [-0.15, -0.1) is 0 Å². The number of methoxy groups -OCH3 is 1. The van der Waals surface area contributed by atoms with Crippen LogP contribution in [0.5, 0.6) is 5.75 Å². The molecule has 5 rings (SSSR count). The molecule has 3 aromatic carbocycles. The Bertz CT molecular complexity index is 1540. The summed E-state index contributed by atoms with van der Waals surface area (Å²) in [5, 5.41) is 16.3. The van der Waals surface area contributed by atoms with Crippen molar-refractivity contribution in [2.24, 2.45) is 0 Å². The van der Waals surface area contributed by atoms with Gasteiger partial charge in [0.1, 0.15) is 11.4 Å². The maximum absolute atomic E-state index is 13.1. The number of aromatic amines is 1. The Kier molecular flexibility index (Phi) is 7.35. The summed E-state index contributed by atoms with van der Waals surface area (Å²) >= 11 is 0. The summed E-state index contributed by atoms with van der Waals surface area (Å²) in [6.45, 7) is 1.22. The maximum atomic E-state index is 13.1. The Morgan fingerprint density at radius 3 is 2.50 bits per heavy atom. The zero-order valence-corrected chi connectivity index (χ0v) is 21.9. The molecule has 0 saturated carbocycles. The van der Waals surface area contributed by atoms with E-state index in [2.05, 4.69) is 10.3 Å². The van der Waals surface area contributed by atoms with Crippen LogP contribution in [0, 0.1) is 10.1 Å². The van der Waals surface area contributed by atoms with Gasteiger partial charge in [-0.2, -0.15) is 4.31 Å². The molecule has 198 valence electrons. The molecule has 1 fully saturated rings. The quantitative estimate of drug-likeness (QED) is 0.216. The van der Waals surface area contributed by atoms with Crippen molar-refractivity contribution >= 4 is 32.3 Å². The summed E-state index contributed by atoms with van der Waals surface area (Å²) in [5.41, 5.74) is 3.06. The van der Waals surface area contributed by atoms with E-state index < -0.39 is 14.9 Å². The van der Waals surface area contributed by atoms with Gasteiger partial charge in [0.25, 0.3) is 5.69 Å². The molecule has 38 heavy (non-hydrogen) atoms. The van der Waals surface area contributed by atoms with Gasteiger partial charge >= 0.3 is 0 Å². The number of H-pyrrole nitrogens is 1. The fourth-order valence-corrected chi connectivity index (χ4v) is 6.60. The van der Waals surface area contributed by atoms with Crippen LogP contribution in [-0.2, 0) is 10.0 Å². The largest absolute Gasteiger partial charge is 0.497 e. The third-order valence-corrected chi connectivity index (χ3v) is 9.02. The zero-order valence-electron chi connectivity index (χ0n) is 21.1. The molecule has 0 radical (unpaired) electrons. The lowest BCUT2D eigenvalue weighted by atomic mass is 9.90. The van der Waals surface area contributed by atoms with E-state index in [1.54, 1.807) is 7.11 Å². The van der Waals surface area contributed by atoms with E-state index >= 15 is 0 Å². The number of nitrogens with zero attached hydrogens (tertiary/aromatic N) is 2. The molecule has 2 N–H and O–H groups in total. The number of piperidine rings is 1. The number of benzene rings is 3. The van der Waals surface area contributed by atoms with Gasteiger partial charge < -0.3 is 15.0 Å². The van der Waals surface area contributed by atoms with Crippen LogP contribution in [0.3, 0.4) is 0 Å². The summed E-state index contributed by atoms with van der Waals surface area (Å²) in [6.07, 6.45) is 4.54. The first-order valence-electron chi connectivity index (χ1n) is 12.6. The Balaban J connectivity index is 1.47. The summed E-state index contributed by atoms with van der Waals surface area (Å²) in [5.74, 6) is 0.592. The molecular formula is C28H30N4O5S. The third-order valence-electron chi connectivity index (χ3n) is 7.13. The summed E-state index contributed by atoms with van der Waals surface area (Å²) in [6, 6.07) is 19.8. The third kappa shape index (κ3) is 5.09. The first-order valence-corrected chi connectivity index (χ1v) is 14.0. The molecular weight excluding hydrogens is 504 g/mol. The number of sulfonamides is 1. The summed E-state index contributed by atoms with van der Waals surface area (Å²) in [4.78, 5) is 14.7. The lowest BCUT2D eigenvalue weighted by Crippen LogP contribution is -2.35. The molecule has 1 aliphatic heterocycles. The van der Waals surface area contributed by atoms with Crippen LogP contribution in [0.2, 0.25) is 0 Å². The number of hydrogen-bond acceptors (Lipinski definition) is 6. The van der Waals surface area contributed by atoms with E-state index in [0.717, 1.165) is 47.0 Å². The van der Waals surface area contributed by atoms with E-state index in [1.807, 2.05) is 54.7 Å². The SMILES string of the molecule is COc1ccc([C@@H](CNc2ccc(S(=O)(=O)N3CCCCC3)cc2[N+](=O)[O-])c2c[nH]c3ccccc23)cc1. The van der Waals surface area contributed by atoms with Crippen LogP contribution in [0.15, 0.2) is 77.8 Å². The highest BCUT2D eigenvalue weighted by Gasteiger charge is 2.29. The van der Waals surface area contributed by atoms with E-state index in [9.17, 15) is 18.5 Å². The normalized spacial score (nSPS) is 15.3. The molecule has 1 aliphatic rings. The molecule has 1 atom stereocenters. The molecule has 0 unspecified atom stereocenters. The lowest BCUT2D eigenvalue weighted by molar-refractivity contribution is -0.384. The highest BCUT2D eigenvalue weighted by atomic mass is 32.2. The predicted molar refractivity (Wildman–Crippen MR) is 147 cm³/mol. The van der Waals surface area contributed by atoms with Crippen molar-refractivity contribution in [3.05, 3.63) is 94.2 Å². The smallest absolute Gasteiger partial charge is 0.293 e. The fraction of sp³-hybridized carbons (Fsp3) is 0.286. The van der Waals surface area contributed by atoms with Crippen LogP contribution in [-0.4, -0.2) is 49.4 Å². The first-order chi connectivity index (χ1) is 18.4. The van der Waals surface area contributed by atoms with Crippen molar-refractivity contribution < 1.29 is 18.1 Å². The fourth-order valence-electron chi connectivity index (χ4n) is 5.06. The van der Waals surface area contributed by atoms with Crippen molar-refractivity contribution in [3.8, 4) is 5.75 Å². The van der Waals surface area contributed by atoms with Gasteiger partial charge in [-0.3, -0.25) is 10.1 Å². The number of nitrogens with one attached hydrogen (secondary N) is 2. The second kappa shape index (κ2) is 10.8. The molecule has 4 aromatic rings. The van der Waals surface area contributed by atoms with Gasteiger partial charge in [0.15, 0.2) is 0 Å². The highest BCUT2D eigenvalue weighted by Crippen LogP contribution is 2.34. The Morgan fingerprint density at radius 2 is 1.79 bits per heavy atom. The zero-order chi connectivity index (χ0) is 26.7. The topological polar surface area (TPSA) is 118 Å². The van der Waals surface area contributed by atoms with Gasteiger partial charge in [0.2, 0.25) is 10.0 Å². The number of nitro benzene ring substituents is 1. The van der Waals surface area contributed by atoms with Gasteiger partial charge in [-0.25, -0.2) is 8.42 Å². The van der Waals surface area contributed by atoms with E-state index in [1.165, 1.54) is 22.5 Å². The molecule has 9 nitrogen and oxygen atoms in total. The molecule has 0 aliphatic carbocycles. The second-order valence-electron chi connectivity index (χ2n) is 9.40. The van der Waals surface area contributed by atoms with Gasteiger partial charge in [0, 0.05) is 48.7 Å². The van der Waals surface area contributed by atoms with E-state index in [4.69, 9.17) is 4.74 Å². The number of para-hydroxylation sites is 1. The molecule has 0 spiro atoms. The van der Waals surface area contributed by atoms with Crippen molar-refractivity contribution in [2.45, 2.75) is 30.1 Å². The molecule has 0 amide bonds. The van der Waals surface area contributed by atoms with E-state index in [-0.39, 0.29) is 22.2 Å². The summed E-state index contributed by atoms with van der Waals surface area (Å²) in [7, 11) is -2.18. The monoisotopic (exact) mass is 534 g/mol. The second-order valence-corrected chi connectivity index (χ2v) is 11.3. The van der Waals surface area contributed by atoms with Crippen molar-refractivity contribution in [1.82, 2.24) is 9.29 Å².